The van der Waals surface area contributed by atoms with Crippen LogP contribution in [0, 0.1) is 5.92 Å². The molecule has 0 aliphatic carbocycles. The molecule has 1 aromatic carbocycles. The predicted molar refractivity (Wildman–Crippen MR) is 82.2 cm³/mol. The van der Waals surface area contributed by atoms with E-state index in [2.05, 4.69) is 13.8 Å². The van der Waals surface area contributed by atoms with Crippen molar-refractivity contribution in [2.75, 3.05) is 13.7 Å². The molecular weight excluding hydrogens is 300 g/mol. The van der Waals surface area contributed by atoms with E-state index in [1.165, 1.54) is 0 Å². The summed E-state index contributed by atoms with van der Waals surface area (Å²) in [5.74, 6) is 0.433. The van der Waals surface area contributed by atoms with Gasteiger partial charge in [0.05, 0.1) is 24.7 Å². The summed E-state index contributed by atoms with van der Waals surface area (Å²) in [7, 11) is 1.57. The van der Waals surface area contributed by atoms with Gasteiger partial charge in [-0.2, -0.15) is 0 Å². The van der Waals surface area contributed by atoms with Crippen LogP contribution in [0.2, 0.25) is 0 Å². The van der Waals surface area contributed by atoms with Crippen molar-refractivity contribution >= 4 is 0 Å². The minimum Gasteiger partial charge on any atom is -0.464 e. The minimum atomic E-state index is -1.18. The van der Waals surface area contributed by atoms with Crippen LogP contribution in [0.4, 0.5) is 0 Å². The second-order valence-corrected chi connectivity index (χ2v) is 6.51. The number of hydrogen-bond donors (Lipinski definition) is 3. The minimum absolute atomic E-state index is 0.354. The highest BCUT2D eigenvalue weighted by Crippen LogP contribution is 2.46. The molecular formula is C17H24O6. The highest BCUT2D eigenvalue weighted by atomic mass is 16.7. The van der Waals surface area contributed by atoms with Crippen molar-refractivity contribution in [2.45, 2.75) is 50.5 Å². The summed E-state index contributed by atoms with van der Waals surface area (Å²) in [5.41, 5.74) is 1.99. The van der Waals surface area contributed by atoms with Gasteiger partial charge in [0.2, 0.25) is 6.29 Å². The van der Waals surface area contributed by atoms with Crippen LogP contribution < -0.4 is 4.74 Å². The van der Waals surface area contributed by atoms with Crippen molar-refractivity contribution in [2.24, 2.45) is 5.92 Å². The standard InChI is InChI=1S/C17H24O6/c1-8(2)9-4-5-11-10(6-9)16(21-3)13-15(20)14(19)12(7-18)23-17(13)22-11/h4-6,8,12-20H,7H2,1-3H3/t12-,13-,14-,15-,16-,17-/m1/s1. The van der Waals surface area contributed by atoms with Gasteiger partial charge in [0.15, 0.2) is 0 Å². The molecule has 0 spiro atoms. The number of benzene rings is 1. The molecule has 2 aliphatic heterocycles. The molecule has 1 aromatic rings. The van der Waals surface area contributed by atoms with Crippen molar-refractivity contribution in [1.29, 1.82) is 0 Å². The Balaban J connectivity index is 2.00. The zero-order valence-corrected chi connectivity index (χ0v) is 13.5. The van der Waals surface area contributed by atoms with E-state index in [4.69, 9.17) is 14.2 Å². The number of aliphatic hydroxyl groups excluding tert-OH is 3. The Hall–Kier alpha value is -1.18. The van der Waals surface area contributed by atoms with Crippen molar-refractivity contribution in [1.82, 2.24) is 0 Å². The maximum absolute atomic E-state index is 10.5. The quantitative estimate of drug-likeness (QED) is 0.767. The fourth-order valence-corrected chi connectivity index (χ4v) is 3.40. The lowest BCUT2D eigenvalue weighted by Crippen LogP contribution is -2.60. The summed E-state index contributed by atoms with van der Waals surface area (Å²) in [6.45, 7) is 3.82. The lowest BCUT2D eigenvalue weighted by atomic mass is 9.81. The van der Waals surface area contributed by atoms with Gasteiger partial charge in [-0.1, -0.05) is 19.9 Å². The molecule has 1 fully saturated rings. The topological polar surface area (TPSA) is 88.4 Å². The zero-order chi connectivity index (χ0) is 16.7. The molecule has 0 bridgehead atoms. The average molecular weight is 324 g/mol. The maximum atomic E-state index is 10.5. The first kappa shape index (κ1) is 16.7. The summed E-state index contributed by atoms with van der Waals surface area (Å²) in [5, 5.41) is 29.9. The van der Waals surface area contributed by atoms with Gasteiger partial charge in [-0.05, 0) is 23.6 Å². The van der Waals surface area contributed by atoms with Crippen molar-refractivity contribution in [3.63, 3.8) is 0 Å². The Morgan fingerprint density at radius 1 is 1.22 bits per heavy atom. The van der Waals surface area contributed by atoms with Gasteiger partial charge in [-0.3, -0.25) is 0 Å². The van der Waals surface area contributed by atoms with Gasteiger partial charge in [-0.15, -0.1) is 0 Å². The molecule has 6 nitrogen and oxygen atoms in total. The Labute approximate surface area is 135 Å². The molecule has 3 N–H and O–H groups in total. The predicted octanol–water partition coefficient (Wildman–Crippen LogP) is 0.945. The molecule has 0 saturated carbocycles. The Kier molecular flexibility index (Phi) is 4.62. The van der Waals surface area contributed by atoms with Gasteiger partial charge >= 0.3 is 0 Å². The summed E-state index contributed by atoms with van der Waals surface area (Å²) >= 11 is 0. The van der Waals surface area contributed by atoms with E-state index in [1.54, 1.807) is 7.11 Å². The molecule has 0 radical (unpaired) electrons. The second kappa shape index (κ2) is 6.37. The molecule has 6 heteroatoms. The SMILES string of the molecule is CO[C@@H]1c2cc(C(C)C)ccc2O[C@@H]2O[C@H](CO)[C@@H](O)[C@H](O)[C@@H]21. The average Bonchev–Trinajstić information content (AvgIpc) is 2.55. The monoisotopic (exact) mass is 324 g/mol. The number of hydrogen-bond acceptors (Lipinski definition) is 6. The number of methoxy groups -OCH3 is 1. The maximum Gasteiger partial charge on any atom is 0.208 e. The van der Waals surface area contributed by atoms with E-state index in [0.29, 0.717) is 11.7 Å². The number of fused-ring (bicyclic) bond motifs is 2. The van der Waals surface area contributed by atoms with Crippen LogP contribution in [0.25, 0.3) is 0 Å². The first-order chi connectivity index (χ1) is 11.0. The van der Waals surface area contributed by atoms with E-state index in [0.717, 1.165) is 11.1 Å². The van der Waals surface area contributed by atoms with Crippen LogP contribution in [0.1, 0.15) is 37.0 Å². The molecule has 128 valence electrons. The van der Waals surface area contributed by atoms with Gasteiger partial charge in [0.25, 0.3) is 0 Å². The van der Waals surface area contributed by atoms with Crippen LogP contribution in [0.5, 0.6) is 5.75 Å². The third-order valence-corrected chi connectivity index (χ3v) is 4.78. The van der Waals surface area contributed by atoms with E-state index in [9.17, 15) is 15.3 Å². The van der Waals surface area contributed by atoms with E-state index < -0.39 is 36.6 Å². The van der Waals surface area contributed by atoms with Gasteiger partial charge in [-0.25, -0.2) is 0 Å². The van der Waals surface area contributed by atoms with Crippen LogP contribution >= 0.6 is 0 Å². The molecule has 2 heterocycles. The zero-order valence-electron chi connectivity index (χ0n) is 13.5. The van der Waals surface area contributed by atoms with Crippen molar-refractivity contribution < 1.29 is 29.5 Å². The normalized spacial score (nSPS) is 36.3. The van der Waals surface area contributed by atoms with Crippen LogP contribution in [0.15, 0.2) is 18.2 Å². The highest BCUT2D eigenvalue weighted by molar-refractivity contribution is 5.42. The van der Waals surface area contributed by atoms with E-state index in [-0.39, 0.29) is 6.61 Å². The van der Waals surface area contributed by atoms with Gasteiger partial charge in [0, 0.05) is 12.7 Å². The molecule has 3 rings (SSSR count). The van der Waals surface area contributed by atoms with Crippen molar-refractivity contribution in [3.8, 4) is 5.75 Å². The Morgan fingerprint density at radius 2 is 1.96 bits per heavy atom. The number of ether oxygens (including phenoxy) is 3. The first-order valence-electron chi connectivity index (χ1n) is 7.93. The lowest BCUT2D eigenvalue weighted by molar-refractivity contribution is -0.285. The Morgan fingerprint density at radius 3 is 2.57 bits per heavy atom. The first-order valence-corrected chi connectivity index (χ1v) is 7.93. The fraction of sp³-hybridized carbons (Fsp3) is 0.647. The molecule has 1 saturated heterocycles. The van der Waals surface area contributed by atoms with Crippen LogP contribution in [-0.2, 0) is 9.47 Å². The van der Waals surface area contributed by atoms with Gasteiger partial charge < -0.3 is 29.5 Å². The largest absolute Gasteiger partial charge is 0.464 e. The second-order valence-electron chi connectivity index (χ2n) is 6.51. The summed E-state index contributed by atoms with van der Waals surface area (Å²) in [6, 6.07) is 5.89. The molecule has 0 unspecified atom stereocenters. The smallest absolute Gasteiger partial charge is 0.208 e. The number of rotatable bonds is 3. The van der Waals surface area contributed by atoms with E-state index >= 15 is 0 Å². The molecule has 2 aliphatic rings. The molecule has 6 atom stereocenters. The van der Waals surface area contributed by atoms with Crippen molar-refractivity contribution in [3.05, 3.63) is 29.3 Å². The molecule has 23 heavy (non-hydrogen) atoms. The fourth-order valence-electron chi connectivity index (χ4n) is 3.40. The summed E-state index contributed by atoms with van der Waals surface area (Å²) in [4.78, 5) is 0. The third-order valence-electron chi connectivity index (χ3n) is 4.78. The highest BCUT2D eigenvalue weighted by Gasteiger charge is 2.52. The van der Waals surface area contributed by atoms with Crippen LogP contribution in [-0.4, -0.2) is 53.6 Å². The van der Waals surface area contributed by atoms with Gasteiger partial charge in [0.1, 0.15) is 18.0 Å². The van der Waals surface area contributed by atoms with E-state index in [1.807, 2.05) is 18.2 Å². The summed E-state index contributed by atoms with van der Waals surface area (Å²) < 4.78 is 17.1. The number of aliphatic hydroxyl groups is 3. The third kappa shape index (κ3) is 2.75. The Bertz CT molecular complexity index is 560. The molecule has 0 aromatic heterocycles. The van der Waals surface area contributed by atoms with Crippen LogP contribution in [0.3, 0.4) is 0 Å². The summed E-state index contributed by atoms with van der Waals surface area (Å²) in [6.07, 6.45) is -4.39. The lowest BCUT2D eigenvalue weighted by Gasteiger charge is -2.47. The molecule has 0 amide bonds.